The van der Waals surface area contributed by atoms with Crippen molar-refractivity contribution in [3.63, 3.8) is 0 Å². The van der Waals surface area contributed by atoms with Gasteiger partial charge in [-0.3, -0.25) is 9.78 Å². The first kappa shape index (κ1) is 27.0. The van der Waals surface area contributed by atoms with Crippen LogP contribution in [0.25, 0.3) is 11.1 Å². The molecular formula is C29H29N3O5S. The van der Waals surface area contributed by atoms with Crippen molar-refractivity contribution in [3.8, 4) is 22.6 Å². The van der Waals surface area contributed by atoms with Crippen LogP contribution in [0.4, 0.5) is 0 Å². The molecule has 196 valence electrons. The Kier molecular flexibility index (Phi) is 8.85. The maximum atomic E-state index is 12.6. The van der Waals surface area contributed by atoms with Gasteiger partial charge in [-0.1, -0.05) is 54.6 Å². The number of para-hydroxylation sites is 1. The minimum atomic E-state index is -3.73. The van der Waals surface area contributed by atoms with E-state index < -0.39 is 22.0 Å². The number of hydrogen-bond donors (Lipinski definition) is 3. The van der Waals surface area contributed by atoms with Gasteiger partial charge in [0.2, 0.25) is 10.0 Å². The fraction of sp³-hybridized carbons (Fsp3) is 0.172. The summed E-state index contributed by atoms with van der Waals surface area (Å²) in [5.41, 5.74) is 3.75. The summed E-state index contributed by atoms with van der Waals surface area (Å²) < 4.78 is 31.2. The molecule has 1 aromatic heterocycles. The molecule has 1 amide bonds. The molecule has 0 unspecified atom stereocenters. The van der Waals surface area contributed by atoms with Crippen LogP contribution in [0.15, 0.2) is 97.3 Å². The Morgan fingerprint density at radius 3 is 2.39 bits per heavy atom. The quantitative estimate of drug-likeness (QED) is 0.250. The summed E-state index contributed by atoms with van der Waals surface area (Å²) in [7, 11) is -3.73. The summed E-state index contributed by atoms with van der Waals surface area (Å²) in [4.78, 5) is 16.6. The molecule has 9 heteroatoms. The van der Waals surface area contributed by atoms with E-state index in [1.54, 1.807) is 48.8 Å². The predicted molar refractivity (Wildman–Crippen MR) is 146 cm³/mol. The number of aliphatic hydroxyl groups is 1. The number of hydrogen-bond acceptors (Lipinski definition) is 7. The predicted octanol–water partition coefficient (Wildman–Crippen LogP) is 4.10. The third kappa shape index (κ3) is 7.72. The first-order valence-corrected chi connectivity index (χ1v) is 13.9. The smallest absolute Gasteiger partial charge is 0.268 e. The molecule has 0 radical (unpaired) electrons. The highest BCUT2D eigenvalue weighted by Gasteiger charge is 2.18. The fourth-order valence-corrected chi connectivity index (χ4v) is 4.29. The summed E-state index contributed by atoms with van der Waals surface area (Å²) in [6, 6.07) is 25.7. The molecule has 0 aliphatic heterocycles. The number of carbonyl (C=O) groups excluding carboxylic acids is 1. The van der Waals surface area contributed by atoms with Crippen molar-refractivity contribution in [3.05, 3.63) is 114 Å². The number of aromatic nitrogens is 1. The summed E-state index contributed by atoms with van der Waals surface area (Å²) in [6.07, 6.45) is 4.44. The first-order chi connectivity index (χ1) is 18.3. The summed E-state index contributed by atoms with van der Waals surface area (Å²) >= 11 is 0. The van der Waals surface area contributed by atoms with Crippen molar-refractivity contribution >= 4 is 15.9 Å². The summed E-state index contributed by atoms with van der Waals surface area (Å²) in [5.74, 6) is 0.00586. The van der Waals surface area contributed by atoms with Crippen LogP contribution in [0.5, 0.6) is 11.5 Å². The lowest BCUT2D eigenvalue weighted by atomic mass is 10.0. The number of nitrogens with zero attached hydrogens (tertiary/aromatic N) is 1. The van der Waals surface area contributed by atoms with E-state index in [1.807, 2.05) is 53.3 Å². The van der Waals surface area contributed by atoms with Crippen LogP contribution in [0.3, 0.4) is 0 Å². The van der Waals surface area contributed by atoms with Crippen molar-refractivity contribution in [1.82, 2.24) is 15.0 Å². The zero-order valence-electron chi connectivity index (χ0n) is 20.9. The molecule has 1 heterocycles. The van der Waals surface area contributed by atoms with Gasteiger partial charge in [-0.05, 0) is 60.0 Å². The van der Waals surface area contributed by atoms with Gasteiger partial charge in [0.05, 0.1) is 17.9 Å². The number of sulfonamides is 1. The standard InChI is InChI=1S/C29H29N3O5S/c1-38(35,36)32-29(34)26-14-13-23(18-28(26)37-25-7-3-2-4-8-25)22-11-9-21(10-12-22)15-17-31-20-27(33)24-6-5-16-30-19-24/h2-14,16,18-19,27,31,33H,15,17,20H2,1H3,(H,32,34)/t27-/m1/s1. The molecule has 0 saturated carbocycles. The molecule has 8 nitrogen and oxygen atoms in total. The molecule has 3 N–H and O–H groups in total. The molecule has 38 heavy (non-hydrogen) atoms. The number of amides is 1. The number of ether oxygens (including phenoxy) is 1. The zero-order valence-corrected chi connectivity index (χ0v) is 21.7. The van der Waals surface area contributed by atoms with Crippen LogP contribution in [-0.4, -0.2) is 43.8 Å². The summed E-state index contributed by atoms with van der Waals surface area (Å²) in [6.45, 7) is 1.14. The molecular weight excluding hydrogens is 502 g/mol. The van der Waals surface area contributed by atoms with Crippen molar-refractivity contribution in [1.29, 1.82) is 0 Å². The Morgan fingerprint density at radius 1 is 0.974 bits per heavy atom. The second-order valence-electron chi connectivity index (χ2n) is 8.78. The molecule has 4 aromatic rings. The van der Waals surface area contributed by atoms with Crippen molar-refractivity contribution < 1.29 is 23.1 Å². The average molecular weight is 532 g/mol. The molecule has 0 aliphatic rings. The number of pyridine rings is 1. The van der Waals surface area contributed by atoms with Crippen LogP contribution < -0.4 is 14.8 Å². The number of aliphatic hydroxyl groups excluding tert-OH is 1. The van der Waals surface area contributed by atoms with Gasteiger partial charge in [0, 0.05) is 24.5 Å². The average Bonchev–Trinajstić information content (AvgIpc) is 2.91. The highest BCUT2D eigenvalue weighted by molar-refractivity contribution is 7.89. The lowest BCUT2D eigenvalue weighted by Crippen LogP contribution is -2.29. The highest BCUT2D eigenvalue weighted by Crippen LogP contribution is 2.31. The van der Waals surface area contributed by atoms with Crippen LogP contribution in [0, 0.1) is 0 Å². The van der Waals surface area contributed by atoms with E-state index in [1.165, 1.54) is 0 Å². The molecule has 3 aromatic carbocycles. The van der Waals surface area contributed by atoms with E-state index in [0.29, 0.717) is 18.8 Å². The fourth-order valence-electron chi connectivity index (χ4n) is 3.84. The first-order valence-electron chi connectivity index (χ1n) is 12.1. The minimum absolute atomic E-state index is 0.110. The minimum Gasteiger partial charge on any atom is -0.457 e. The Hall–Kier alpha value is -4.05. The Bertz CT molecular complexity index is 1460. The second-order valence-corrected chi connectivity index (χ2v) is 10.5. The van der Waals surface area contributed by atoms with E-state index >= 15 is 0 Å². The highest BCUT2D eigenvalue weighted by atomic mass is 32.2. The molecule has 0 spiro atoms. The van der Waals surface area contributed by atoms with Crippen LogP contribution in [0.2, 0.25) is 0 Å². The lowest BCUT2D eigenvalue weighted by Gasteiger charge is -2.14. The van der Waals surface area contributed by atoms with Gasteiger partial charge in [0.1, 0.15) is 11.5 Å². The van der Waals surface area contributed by atoms with Crippen molar-refractivity contribution in [2.75, 3.05) is 19.3 Å². The lowest BCUT2D eigenvalue weighted by molar-refractivity contribution is 0.0979. The van der Waals surface area contributed by atoms with Crippen LogP contribution >= 0.6 is 0 Å². The summed E-state index contributed by atoms with van der Waals surface area (Å²) in [5, 5.41) is 13.5. The molecule has 0 saturated heterocycles. The maximum Gasteiger partial charge on any atom is 0.268 e. The number of rotatable bonds is 11. The second kappa shape index (κ2) is 12.5. The monoisotopic (exact) mass is 531 g/mol. The number of carbonyl (C=O) groups is 1. The number of nitrogens with one attached hydrogen (secondary N) is 2. The third-order valence-corrected chi connectivity index (χ3v) is 6.32. The van der Waals surface area contributed by atoms with Crippen molar-refractivity contribution in [2.24, 2.45) is 0 Å². The Labute approximate surface area is 222 Å². The maximum absolute atomic E-state index is 12.6. The van der Waals surface area contributed by atoms with Crippen LogP contribution in [-0.2, 0) is 16.4 Å². The molecule has 1 atom stereocenters. The van der Waals surface area contributed by atoms with Gasteiger partial charge in [-0.2, -0.15) is 0 Å². The van der Waals surface area contributed by atoms with Gasteiger partial charge in [0.15, 0.2) is 0 Å². The van der Waals surface area contributed by atoms with E-state index in [-0.39, 0.29) is 11.3 Å². The molecule has 0 bridgehead atoms. The van der Waals surface area contributed by atoms with E-state index in [4.69, 9.17) is 4.74 Å². The Balaban J connectivity index is 1.44. The molecule has 0 aliphatic carbocycles. The van der Waals surface area contributed by atoms with E-state index in [2.05, 4.69) is 10.3 Å². The van der Waals surface area contributed by atoms with Gasteiger partial charge in [-0.25, -0.2) is 13.1 Å². The molecule has 0 fully saturated rings. The normalized spacial score (nSPS) is 12.1. The van der Waals surface area contributed by atoms with Gasteiger partial charge in [0.25, 0.3) is 5.91 Å². The van der Waals surface area contributed by atoms with Gasteiger partial charge in [-0.15, -0.1) is 0 Å². The number of benzene rings is 3. The zero-order chi connectivity index (χ0) is 27.0. The largest absolute Gasteiger partial charge is 0.457 e. The van der Waals surface area contributed by atoms with E-state index in [0.717, 1.165) is 34.9 Å². The third-order valence-electron chi connectivity index (χ3n) is 5.76. The van der Waals surface area contributed by atoms with Crippen LogP contribution in [0.1, 0.15) is 27.6 Å². The Morgan fingerprint density at radius 2 is 1.71 bits per heavy atom. The topological polar surface area (TPSA) is 118 Å². The van der Waals surface area contributed by atoms with E-state index in [9.17, 15) is 18.3 Å². The van der Waals surface area contributed by atoms with Gasteiger partial charge >= 0.3 is 0 Å². The van der Waals surface area contributed by atoms with Gasteiger partial charge < -0.3 is 15.2 Å². The SMILES string of the molecule is CS(=O)(=O)NC(=O)c1ccc(-c2ccc(CCNC[C@@H](O)c3cccnc3)cc2)cc1Oc1ccccc1. The van der Waals surface area contributed by atoms with Crippen molar-refractivity contribution in [2.45, 2.75) is 12.5 Å². The molecule has 4 rings (SSSR count).